The molecule has 1 aromatic carbocycles. The summed E-state index contributed by atoms with van der Waals surface area (Å²) < 4.78 is 14.2. The minimum Gasteiger partial charge on any atom is -0.464 e. The van der Waals surface area contributed by atoms with Crippen molar-refractivity contribution in [1.82, 2.24) is 45.0 Å². The molecule has 0 aliphatic carbocycles. The van der Waals surface area contributed by atoms with Crippen LogP contribution in [0.2, 0.25) is 0 Å². The van der Waals surface area contributed by atoms with E-state index in [1.807, 2.05) is 32.2 Å². The number of likely N-dealkylation sites (tertiary alicyclic amines) is 1. The molecular weight excluding hydrogens is 847 g/mol. The number of pyridine rings is 1. The van der Waals surface area contributed by atoms with Gasteiger partial charge in [0, 0.05) is 92.8 Å². The number of urea groups is 1. The van der Waals surface area contributed by atoms with Gasteiger partial charge in [-0.3, -0.25) is 29.2 Å². The zero-order valence-electron chi connectivity index (χ0n) is 39.1. The summed E-state index contributed by atoms with van der Waals surface area (Å²) in [5, 5.41) is 8.07. The molecule has 0 spiro atoms. The fourth-order valence-corrected chi connectivity index (χ4v) is 10.1. The van der Waals surface area contributed by atoms with Gasteiger partial charge in [-0.05, 0) is 74.9 Å². The van der Waals surface area contributed by atoms with Crippen LogP contribution in [0.25, 0.3) is 33.4 Å². The van der Waals surface area contributed by atoms with Gasteiger partial charge in [0.1, 0.15) is 18.1 Å². The highest BCUT2D eigenvalue weighted by molar-refractivity contribution is 7.10. The number of rotatable bonds is 10. The van der Waals surface area contributed by atoms with Crippen molar-refractivity contribution in [3.05, 3.63) is 70.8 Å². The highest BCUT2D eigenvalue weighted by Crippen LogP contribution is 2.42. The maximum absolute atomic E-state index is 14.6. The molecule has 4 aromatic rings. The molecule has 348 valence electrons. The van der Waals surface area contributed by atoms with E-state index >= 15 is 0 Å². The second-order valence-electron chi connectivity index (χ2n) is 18.6. The van der Waals surface area contributed by atoms with E-state index < -0.39 is 41.3 Å². The summed E-state index contributed by atoms with van der Waals surface area (Å²) in [5.74, 6) is -1.92. The van der Waals surface area contributed by atoms with Gasteiger partial charge in [0.25, 0.3) is 5.91 Å². The SMILES string of the molecule is C=CC(=O)N1CC(N(C)C(=O)N(C)C(C(=O)N[C@H]2Cc3nc(cs3)-c3ccc4c(c3)c(c(-c3cccnc3[C@H](C)OC)n4CC)CC(C)(C)COC(=O)[C@@H]3CCCN(N3)C2=O)C(C)C)C1. The number of ether oxygens (including phenoxy) is 2. The molecule has 6 heterocycles. The molecule has 3 aromatic heterocycles. The van der Waals surface area contributed by atoms with Crippen molar-refractivity contribution >= 4 is 52.0 Å². The largest absolute Gasteiger partial charge is 0.464 e. The first kappa shape index (κ1) is 47.3. The molecule has 3 aliphatic heterocycles. The van der Waals surface area contributed by atoms with Gasteiger partial charge in [0.05, 0.1) is 40.8 Å². The number of carbonyl (C=O) groups excluding carboxylic acids is 5. The number of fused-ring (bicyclic) bond motifs is 6. The standard InChI is InChI=1S/C48H63N9O7S/c1-11-40(58)55-24-31(25-55)53(8)47(62)54(9)42(28(3)4)44(59)51-36-22-39-50-37(26-65-39)30-17-18-38-33(21-30)34(43(56(38)12-2)32-15-13-19-49-41(32)29(5)63-10)23-48(6,7)27-64-46(61)35-16-14-20-57(52-35)45(36)60/h11,13,15,17-19,21,26,28-29,31,35-36,42,52H,1,12,14,16,20,22-25,27H2,2-10H3,(H,51,59)/t29-,35-,36-,42?/m0/s1. The summed E-state index contributed by atoms with van der Waals surface area (Å²) >= 11 is 1.40. The first-order valence-electron chi connectivity index (χ1n) is 22.5. The molecule has 65 heavy (non-hydrogen) atoms. The van der Waals surface area contributed by atoms with Crippen LogP contribution in [0.1, 0.15) is 76.8 Å². The number of amides is 5. The Morgan fingerprint density at radius 1 is 1.15 bits per heavy atom. The van der Waals surface area contributed by atoms with Crippen LogP contribution in [0.4, 0.5) is 4.79 Å². The summed E-state index contributed by atoms with van der Waals surface area (Å²) in [7, 11) is 4.92. The Kier molecular flexibility index (Phi) is 14.2. The molecule has 0 saturated carbocycles. The second kappa shape index (κ2) is 19.4. The number of likely N-dealkylation sites (N-methyl/N-ethyl adjacent to an activating group) is 2. The number of hydrogen-bond acceptors (Lipinski definition) is 11. The van der Waals surface area contributed by atoms with Crippen LogP contribution in [0.3, 0.4) is 0 Å². The average Bonchev–Trinajstić information content (AvgIpc) is 3.87. The Morgan fingerprint density at radius 2 is 1.91 bits per heavy atom. The minimum absolute atomic E-state index is 0.0691. The van der Waals surface area contributed by atoms with Gasteiger partial charge in [0.2, 0.25) is 11.8 Å². The molecular formula is C48H63N9O7S. The van der Waals surface area contributed by atoms with Gasteiger partial charge >= 0.3 is 12.0 Å². The summed E-state index contributed by atoms with van der Waals surface area (Å²) in [6, 6.07) is 6.97. The maximum atomic E-state index is 14.6. The number of hydrazine groups is 1. The van der Waals surface area contributed by atoms with Gasteiger partial charge in [-0.2, -0.15) is 0 Å². The Labute approximate surface area is 385 Å². The third-order valence-electron chi connectivity index (χ3n) is 13.0. The van der Waals surface area contributed by atoms with E-state index in [1.54, 1.807) is 37.2 Å². The van der Waals surface area contributed by atoms with Crippen molar-refractivity contribution in [1.29, 1.82) is 0 Å². The first-order chi connectivity index (χ1) is 31.0. The molecule has 5 amide bonds. The van der Waals surface area contributed by atoms with Crippen molar-refractivity contribution in [2.24, 2.45) is 11.3 Å². The van der Waals surface area contributed by atoms with Gasteiger partial charge in [-0.15, -0.1) is 11.3 Å². The summed E-state index contributed by atoms with van der Waals surface area (Å²) in [6.07, 6.45) is 4.42. The Balaban J connectivity index is 1.25. The van der Waals surface area contributed by atoms with Crippen molar-refractivity contribution in [2.75, 3.05) is 47.4 Å². The predicted molar refractivity (Wildman–Crippen MR) is 249 cm³/mol. The molecule has 17 heteroatoms. The van der Waals surface area contributed by atoms with Crippen molar-refractivity contribution in [2.45, 2.75) is 104 Å². The Morgan fingerprint density at radius 3 is 2.60 bits per heavy atom. The third-order valence-corrected chi connectivity index (χ3v) is 13.8. The van der Waals surface area contributed by atoms with Crippen molar-refractivity contribution in [3.63, 3.8) is 0 Å². The maximum Gasteiger partial charge on any atom is 0.324 e. The average molecular weight is 910 g/mol. The molecule has 1 unspecified atom stereocenters. The lowest BCUT2D eigenvalue weighted by Gasteiger charge is -2.45. The number of carbonyl (C=O) groups is 5. The van der Waals surface area contributed by atoms with Crippen LogP contribution < -0.4 is 10.7 Å². The van der Waals surface area contributed by atoms with E-state index in [2.05, 4.69) is 66.9 Å². The Hall–Kier alpha value is -5.65. The number of benzene rings is 1. The van der Waals surface area contributed by atoms with Crippen molar-refractivity contribution < 1.29 is 33.4 Å². The number of nitrogens with zero attached hydrogens (tertiary/aromatic N) is 7. The number of aryl methyl sites for hydroxylation is 1. The topological polar surface area (TPSA) is 172 Å². The molecule has 0 radical (unpaired) electrons. The zero-order chi connectivity index (χ0) is 46.9. The van der Waals surface area contributed by atoms with Gasteiger partial charge in [0.15, 0.2) is 0 Å². The lowest BCUT2D eigenvalue weighted by molar-refractivity contribution is -0.155. The molecule has 2 N–H and O–H groups in total. The first-order valence-corrected chi connectivity index (χ1v) is 23.4. The van der Waals surface area contributed by atoms with E-state index in [4.69, 9.17) is 19.4 Å². The van der Waals surface area contributed by atoms with Crippen LogP contribution in [0.15, 0.2) is 54.6 Å². The highest BCUT2D eigenvalue weighted by atomic mass is 32.1. The lowest BCUT2D eigenvalue weighted by Crippen LogP contribution is -2.65. The van der Waals surface area contributed by atoms with Crippen molar-refractivity contribution in [3.8, 4) is 22.5 Å². The fourth-order valence-electron chi connectivity index (χ4n) is 9.28. The number of cyclic esters (lactones) is 1. The molecule has 2 saturated heterocycles. The van der Waals surface area contributed by atoms with Gasteiger partial charge < -0.3 is 34.1 Å². The van der Waals surface area contributed by atoms with Gasteiger partial charge in [-0.25, -0.2) is 15.2 Å². The number of aromatic nitrogens is 3. The van der Waals surface area contributed by atoms with Crippen LogP contribution >= 0.6 is 11.3 Å². The minimum atomic E-state index is -1.09. The normalized spacial score (nSPS) is 20.1. The Bertz CT molecular complexity index is 2460. The summed E-state index contributed by atoms with van der Waals surface area (Å²) in [4.78, 5) is 83.2. The second-order valence-corrected chi connectivity index (χ2v) is 19.5. The molecule has 6 bridgehead atoms. The number of esters is 1. The molecule has 2 fully saturated rings. The van der Waals surface area contributed by atoms with E-state index in [1.165, 1.54) is 27.3 Å². The van der Waals surface area contributed by atoms with Gasteiger partial charge in [-0.1, -0.05) is 40.3 Å². The van der Waals surface area contributed by atoms with Crippen LogP contribution in [-0.4, -0.2) is 136 Å². The summed E-state index contributed by atoms with van der Waals surface area (Å²) in [5.41, 5.74) is 9.23. The lowest BCUT2D eigenvalue weighted by atomic mass is 9.84. The van der Waals surface area contributed by atoms with Crippen LogP contribution in [0.5, 0.6) is 0 Å². The highest BCUT2D eigenvalue weighted by Gasteiger charge is 2.41. The number of thiazole rings is 1. The number of hydrogen-bond donors (Lipinski definition) is 2. The smallest absolute Gasteiger partial charge is 0.324 e. The zero-order valence-corrected chi connectivity index (χ0v) is 39.9. The van der Waals surface area contributed by atoms with Crippen LogP contribution in [0, 0.1) is 11.3 Å². The number of methoxy groups -OCH3 is 1. The number of nitrogens with one attached hydrogen (secondary N) is 2. The molecule has 16 nitrogen and oxygen atoms in total. The monoisotopic (exact) mass is 909 g/mol. The van der Waals surface area contributed by atoms with E-state index in [-0.39, 0.29) is 43.0 Å². The predicted octanol–water partition coefficient (Wildman–Crippen LogP) is 5.61. The fraction of sp³-hybridized carbons (Fsp3) is 0.521. The summed E-state index contributed by atoms with van der Waals surface area (Å²) in [6.45, 7) is 17.4. The van der Waals surface area contributed by atoms with E-state index in [0.717, 1.165) is 44.7 Å². The van der Waals surface area contributed by atoms with E-state index in [9.17, 15) is 24.0 Å². The quantitative estimate of drug-likeness (QED) is 0.151. The molecule has 4 atom stereocenters. The van der Waals surface area contributed by atoms with Crippen LogP contribution in [-0.2, 0) is 48.0 Å². The molecule has 7 rings (SSSR count). The van der Waals surface area contributed by atoms with E-state index in [0.29, 0.717) is 50.4 Å². The third kappa shape index (κ3) is 9.68. The molecule has 3 aliphatic rings.